The van der Waals surface area contributed by atoms with Crippen molar-refractivity contribution in [1.82, 2.24) is 4.98 Å². The van der Waals surface area contributed by atoms with E-state index in [1.165, 1.54) is 20.2 Å². The number of rotatable bonds is 4. The van der Waals surface area contributed by atoms with E-state index in [1.807, 2.05) is 78.1 Å². The van der Waals surface area contributed by atoms with Gasteiger partial charge in [0.25, 0.3) is 0 Å². The second kappa shape index (κ2) is 10.1. The van der Waals surface area contributed by atoms with E-state index < -0.39 is 0 Å². The molecule has 0 saturated carbocycles. The molecule has 49 heavy (non-hydrogen) atoms. The largest absolute Gasteiger partial charge is 0.456 e. The number of benzene rings is 7. The zero-order valence-electron chi connectivity index (χ0n) is 25.9. The first-order valence-corrected chi connectivity index (χ1v) is 17.0. The lowest BCUT2D eigenvalue weighted by Crippen LogP contribution is -2.10. The second-order valence-electron chi connectivity index (χ2n) is 12.3. The maximum atomic E-state index is 6.76. The number of hydrogen-bond donors (Lipinski definition) is 0. The normalized spacial score (nSPS) is 12.1. The summed E-state index contributed by atoms with van der Waals surface area (Å²) in [5.74, 6) is 0.570. The van der Waals surface area contributed by atoms with Gasteiger partial charge < -0.3 is 18.2 Å². The average molecular weight is 649 g/mol. The van der Waals surface area contributed by atoms with E-state index in [9.17, 15) is 0 Å². The van der Waals surface area contributed by atoms with Crippen LogP contribution in [0.5, 0.6) is 0 Å². The molecule has 5 nitrogen and oxygen atoms in total. The van der Waals surface area contributed by atoms with E-state index in [-0.39, 0.29) is 0 Å². The van der Waals surface area contributed by atoms with E-state index in [2.05, 4.69) is 83.8 Å². The highest BCUT2D eigenvalue weighted by Gasteiger charge is 2.26. The zero-order chi connectivity index (χ0) is 32.1. The maximum absolute atomic E-state index is 6.76. The fourth-order valence-electron chi connectivity index (χ4n) is 7.26. The Kier molecular flexibility index (Phi) is 5.48. The Morgan fingerprint density at radius 3 is 2.02 bits per heavy atom. The van der Waals surface area contributed by atoms with E-state index in [0.717, 1.165) is 72.0 Å². The van der Waals surface area contributed by atoms with E-state index in [1.54, 1.807) is 0 Å². The minimum Gasteiger partial charge on any atom is -0.456 e. The molecule has 0 aliphatic rings. The minimum atomic E-state index is 0.570. The summed E-state index contributed by atoms with van der Waals surface area (Å²) in [7, 11) is 0. The van der Waals surface area contributed by atoms with Gasteiger partial charge in [-0.05, 0) is 60.7 Å². The molecule has 11 rings (SSSR count). The van der Waals surface area contributed by atoms with Crippen LogP contribution in [0, 0.1) is 0 Å². The van der Waals surface area contributed by atoms with Crippen molar-refractivity contribution in [2.75, 3.05) is 4.90 Å². The third-order valence-electron chi connectivity index (χ3n) is 9.49. The average Bonchev–Trinajstić information content (AvgIpc) is 3.93. The van der Waals surface area contributed by atoms with Crippen molar-refractivity contribution < 1.29 is 13.3 Å². The fourth-order valence-corrected chi connectivity index (χ4v) is 8.35. The molecule has 0 fully saturated rings. The molecule has 0 aliphatic heterocycles. The molecule has 0 atom stereocenters. The Bertz CT molecular complexity index is 3070. The van der Waals surface area contributed by atoms with Gasteiger partial charge in [-0.3, -0.25) is 0 Å². The number of aromatic nitrogens is 1. The summed E-state index contributed by atoms with van der Waals surface area (Å²) in [5, 5.41) is 6.53. The molecule has 0 bridgehead atoms. The third kappa shape index (κ3) is 3.95. The van der Waals surface area contributed by atoms with Crippen LogP contribution in [-0.2, 0) is 0 Å². The molecular formula is C43H24N2O3S. The Morgan fingerprint density at radius 2 is 1.14 bits per heavy atom. The summed E-state index contributed by atoms with van der Waals surface area (Å²) in [6.07, 6.45) is 0. The topological polar surface area (TPSA) is 55.6 Å². The van der Waals surface area contributed by atoms with Crippen LogP contribution in [0.25, 0.3) is 86.6 Å². The van der Waals surface area contributed by atoms with E-state index >= 15 is 0 Å². The van der Waals surface area contributed by atoms with Gasteiger partial charge in [-0.15, -0.1) is 11.3 Å². The van der Waals surface area contributed by atoms with Crippen LogP contribution in [0.1, 0.15) is 0 Å². The molecule has 0 radical (unpaired) electrons. The predicted molar refractivity (Wildman–Crippen MR) is 202 cm³/mol. The van der Waals surface area contributed by atoms with Gasteiger partial charge in [0.15, 0.2) is 11.2 Å². The lowest BCUT2D eigenvalue weighted by molar-refractivity contribution is 0.619. The van der Waals surface area contributed by atoms with Gasteiger partial charge in [0.05, 0.1) is 16.8 Å². The molecule has 4 heterocycles. The molecule has 0 N–H and O–H groups in total. The van der Waals surface area contributed by atoms with Gasteiger partial charge in [0.1, 0.15) is 22.3 Å². The number of fused-ring (bicyclic) bond motifs is 11. The van der Waals surface area contributed by atoms with Crippen molar-refractivity contribution in [3.63, 3.8) is 0 Å². The molecule has 0 saturated heterocycles. The predicted octanol–water partition coefficient (Wildman–Crippen LogP) is 13.1. The lowest BCUT2D eigenvalue weighted by Gasteiger charge is -2.25. The number of para-hydroxylation sites is 2. The van der Waals surface area contributed by atoms with Crippen molar-refractivity contribution >= 4 is 104 Å². The first-order chi connectivity index (χ1) is 24.3. The molecule has 0 unspecified atom stereocenters. The number of thiophene rings is 1. The van der Waals surface area contributed by atoms with Crippen LogP contribution in [0.15, 0.2) is 159 Å². The van der Waals surface area contributed by atoms with Crippen molar-refractivity contribution in [3.05, 3.63) is 146 Å². The molecular weight excluding hydrogens is 625 g/mol. The smallest absolute Gasteiger partial charge is 0.227 e. The quantitative estimate of drug-likeness (QED) is 0.190. The molecule has 0 spiro atoms. The highest BCUT2D eigenvalue weighted by atomic mass is 32.1. The molecule has 0 amide bonds. The van der Waals surface area contributed by atoms with Gasteiger partial charge in [-0.2, -0.15) is 0 Å². The zero-order valence-corrected chi connectivity index (χ0v) is 26.7. The minimum absolute atomic E-state index is 0.570. The second-order valence-corrected chi connectivity index (χ2v) is 13.4. The van der Waals surface area contributed by atoms with Crippen molar-refractivity contribution in [2.24, 2.45) is 0 Å². The summed E-state index contributed by atoms with van der Waals surface area (Å²) in [5.41, 5.74) is 8.38. The highest BCUT2D eigenvalue weighted by molar-refractivity contribution is 7.25. The number of anilines is 3. The van der Waals surface area contributed by atoms with Gasteiger partial charge in [0.2, 0.25) is 5.89 Å². The van der Waals surface area contributed by atoms with Gasteiger partial charge in [-0.25, -0.2) is 4.98 Å². The summed E-state index contributed by atoms with van der Waals surface area (Å²) in [6.45, 7) is 0. The van der Waals surface area contributed by atoms with E-state index in [4.69, 9.17) is 18.2 Å². The van der Waals surface area contributed by atoms with Crippen LogP contribution in [0.3, 0.4) is 0 Å². The number of oxazole rings is 1. The van der Waals surface area contributed by atoms with E-state index in [0.29, 0.717) is 11.5 Å². The summed E-state index contributed by atoms with van der Waals surface area (Å²) in [6, 6.07) is 50.1. The lowest BCUT2D eigenvalue weighted by atomic mass is 10.1. The van der Waals surface area contributed by atoms with Crippen molar-refractivity contribution in [1.29, 1.82) is 0 Å². The molecule has 11 aromatic rings. The highest BCUT2D eigenvalue weighted by Crippen LogP contribution is 2.48. The van der Waals surface area contributed by atoms with Crippen LogP contribution >= 0.6 is 11.3 Å². The van der Waals surface area contributed by atoms with Crippen LogP contribution < -0.4 is 4.90 Å². The van der Waals surface area contributed by atoms with Crippen LogP contribution in [0.2, 0.25) is 0 Å². The first kappa shape index (κ1) is 26.7. The molecule has 230 valence electrons. The number of nitrogens with zero attached hydrogens (tertiary/aromatic N) is 2. The van der Waals surface area contributed by atoms with Crippen molar-refractivity contribution in [2.45, 2.75) is 0 Å². The monoisotopic (exact) mass is 648 g/mol. The Hall–Kier alpha value is -6.37. The number of hydrogen-bond acceptors (Lipinski definition) is 6. The van der Waals surface area contributed by atoms with Crippen LogP contribution in [-0.4, -0.2) is 4.98 Å². The third-order valence-corrected chi connectivity index (χ3v) is 10.6. The molecule has 0 aliphatic carbocycles. The fraction of sp³-hybridized carbons (Fsp3) is 0. The Balaban J connectivity index is 1.24. The summed E-state index contributed by atoms with van der Waals surface area (Å²) < 4.78 is 22.3. The van der Waals surface area contributed by atoms with Gasteiger partial charge >= 0.3 is 0 Å². The van der Waals surface area contributed by atoms with Gasteiger partial charge in [0, 0.05) is 59.7 Å². The standard InChI is InChI=1S/C43H24N2O3S/c1-2-10-25(11-3-1)43-44-41-37(48-43)24-33(42-40(41)31-14-5-8-16-35(31)47-42)45(26-19-21-39-32(22-26)30-13-6-9-17-38(30)49-39)27-18-20-29-28-12-4-7-15-34(28)46-36(29)23-27/h1-24H. The number of furan rings is 2. The SMILES string of the molecule is c1ccc(-c2nc3c(cc(N(c4ccc5c(c4)oc4ccccc45)c4ccc5sc6ccccc6c5c4)c4oc5ccccc5c43)o2)cc1. The Labute approximate surface area is 282 Å². The van der Waals surface area contributed by atoms with Crippen molar-refractivity contribution in [3.8, 4) is 11.5 Å². The Morgan fingerprint density at radius 1 is 0.469 bits per heavy atom. The summed E-state index contributed by atoms with van der Waals surface area (Å²) in [4.78, 5) is 7.31. The molecule has 4 aromatic heterocycles. The molecule has 7 aromatic carbocycles. The van der Waals surface area contributed by atoms with Crippen LogP contribution in [0.4, 0.5) is 17.1 Å². The van der Waals surface area contributed by atoms with Gasteiger partial charge in [-0.1, -0.05) is 72.8 Å². The molecule has 6 heteroatoms. The summed E-state index contributed by atoms with van der Waals surface area (Å²) >= 11 is 1.81. The first-order valence-electron chi connectivity index (χ1n) is 16.2. The maximum Gasteiger partial charge on any atom is 0.227 e.